The molecule has 1 aliphatic heterocycles. The zero-order valence-electron chi connectivity index (χ0n) is 14.5. The molecular weight excluding hydrogens is 312 g/mol. The summed E-state index contributed by atoms with van der Waals surface area (Å²) in [5.74, 6) is -0.749. The molecule has 0 bridgehead atoms. The molecule has 1 fully saturated rings. The van der Waals surface area contributed by atoms with Gasteiger partial charge in [0.15, 0.2) is 0 Å². The van der Waals surface area contributed by atoms with Gasteiger partial charge in [0.05, 0.1) is 24.4 Å². The molecule has 1 saturated heterocycles. The third-order valence-corrected chi connectivity index (χ3v) is 4.45. The van der Waals surface area contributed by atoms with Crippen LogP contribution in [0, 0.1) is 0 Å². The summed E-state index contributed by atoms with van der Waals surface area (Å²) in [7, 11) is 0. The van der Waals surface area contributed by atoms with Crippen molar-refractivity contribution in [3.8, 4) is 0 Å². The van der Waals surface area contributed by atoms with Crippen LogP contribution in [0.2, 0.25) is 0 Å². The quantitative estimate of drug-likeness (QED) is 0.319. The summed E-state index contributed by atoms with van der Waals surface area (Å²) in [6.07, 6.45) is 7.04. The summed E-state index contributed by atoms with van der Waals surface area (Å²) in [4.78, 5) is 10.4. The Bertz CT molecular complexity index is 384. The predicted octanol–water partition coefficient (Wildman–Crippen LogP) is 2.01. The second-order valence-corrected chi connectivity index (χ2v) is 6.57. The molecule has 140 valence electrons. The van der Waals surface area contributed by atoms with Gasteiger partial charge in [0.2, 0.25) is 0 Å². The maximum atomic E-state index is 10.4. The van der Waals surface area contributed by atoms with Gasteiger partial charge in [0.25, 0.3) is 0 Å². The smallest absolute Gasteiger partial charge is 0.303 e. The third-order valence-electron chi connectivity index (χ3n) is 4.45. The number of unbranched alkanes of at least 4 members (excludes halogenated alkanes) is 4. The monoisotopic (exact) mass is 344 g/mol. The molecule has 6 heteroatoms. The van der Waals surface area contributed by atoms with Gasteiger partial charge in [-0.15, -0.1) is 0 Å². The maximum absolute atomic E-state index is 10.4. The van der Waals surface area contributed by atoms with E-state index in [-0.39, 0.29) is 12.5 Å². The average molecular weight is 344 g/mol. The van der Waals surface area contributed by atoms with Crippen LogP contribution in [0.15, 0.2) is 12.2 Å². The third kappa shape index (κ3) is 8.24. The fourth-order valence-corrected chi connectivity index (χ4v) is 2.90. The van der Waals surface area contributed by atoms with Crippen LogP contribution in [0.25, 0.3) is 0 Å². The lowest BCUT2D eigenvalue weighted by Gasteiger charge is -2.16. The number of carbonyl (C=O) groups is 1. The molecule has 0 spiro atoms. The average Bonchev–Trinajstić information content (AvgIpc) is 2.92. The largest absolute Gasteiger partial charge is 0.481 e. The first-order valence-electron chi connectivity index (χ1n) is 9.03. The molecule has 0 aliphatic carbocycles. The van der Waals surface area contributed by atoms with E-state index in [9.17, 15) is 20.1 Å². The second kappa shape index (κ2) is 11.6. The van der Waals surface area contributed by atoms with Crippen molar-refractivity contribution in [3.63, 3.8) is 0 Å². The highest BCUT2D eigenvalue weighted by Gasteiger charge is 2.35. The number of hydrogen-bond donors (Lipinski definition) is 4. The SMILES string of the molecule is CC[C@H](O)[C@H]1C[C@@H](O)[C@@H](/C=C/[C@@H](O)CCCCCCCC(=O)O)O1. The Balaban J connectivity index is 2.15. The van der Waals surface area contributed by atoms with Gasteiger partial charge in [-0.1, -0.05) is 44.8 Å². The van der Waals surface area contributed by atoms with Gasteiger partial charge < -0.3 is 25.2 Å². The molecular formula is C18H32O6. The van der Waals surface area contributed by atoms with Gasteiger partial charge in [0, 0.05) is 12.8 Å². The van der Waals surface area contributed by atoms with E-state index in [1.807, 2.05) is 6.92 Å². The highest BCUT2D eigenvalue weighted by Crippen LogP contribution is 2.25. The second-order valence-electron chi connectivity index (χ2n) is 6.57. The molecule has 5 atom stereocenters. The molecule has 6 nitrogen and oxygen atoms in total. The Kier molecular flexibility index (Phi) is 10.2. The number of aliphatic hydroxyl groups is 3. The van der Waals surface area contributed by atoms with Crippen LogP contribution in [-0.2, 0) is 9.53 Å². The predicted molar refractivity (Wildman–Crippen MR) is 90.7 cm³/mol. The zero-order valence-corrected chi connectivity index (χ0v) is 14.5. The van der Waals surface area contributed by atoms with E-state index < -0.39 is 30.4 Å². The van der Waals surface area contributed by atoms with Crippen LogP contribution in [0.5, 0.6) is 0 Å². The van der Waals surface area contributed by atoms with Crippen molar-refractivity contribution in [3.05, 3.63) is 12.2 Å². The highest BCUT2D eigenvalue weighted by molar-refractivity contribution is 5.66. The first-order valence-corrected chi connectivity index (χ1v) is 9.03. The van der Waals surface area contributed by atoms with Crippen molar-refractivity contribution in [2.45, 2.75) is 95.2 Å². The number of carboxylic acid groups (broad SMARTS) is 1. The van der Waals surface area contributed by atoms with Crippen molar-refractivity contribution in [1.82, 2.24) is 0 Å². The van der Waals surface area contributed by atoms with E-state index in [2.05, 4.69) is 0 Å². The fraction of sp³-hybridized carbons (Fsp3) is 0.833. The van der Waals surface area contributed by atoms with Crippen LogP contribution >= 0.6 is 0 Å². The summed E-state index contributed by atoms with van der Waals surface area (Å²) in [6.45, 7) is 1.87. The Morgan fingerprint density at radius 3 is 2.54 bits per heavy atom. The summed E-state index contributed by atoms with van der Waals surface area (Å²) < 4.78 is 5.62. The molecule has 0 aromatic rings. The van der Waals surface area contributed by atoms with Gasteiger partial charge in [-0.05, 0) is 19.3 Å². The number of aliphatic carboxylic acids is 1. The normalized spacial score (nSPS) is 26.8. The van der Waals surface area contributed by atoms with E-state index in [4.69, 9.17) is 9.84 Å². The summed E-state index contributed by atoms with van der Waals surface area (Å²) in [5, 5.41) is 38.2. The molecule has 0 unspecified atom stereocenters. The van der Waals surface area contributed by atoms with Gasteiger partial charge >= 0.3 is 5.97 Å². The minimum absolute atomic E-state index is 0.225. The van der Waals surface area contributed by atoms with Crippen molar-refractivity contribution >= 4 is 5.97 Å². The van der Waals surface area contributed by atoms with E-state index in [1.165, 1.54) is 0 Å². The molecule has 0 amide bonds. The molecule has 0 radical (unpaired) electrons. The number of hydrogen-bond acceptors (Lipinski definition) is 5. The Hall–Kier alpha value is -0.950. The Morgan fingerprint density at radius 2 is 1.88 bits per heavy atom. The summed E-state index contributed by atoms with van der Waals surface area (Å²) >= 11 is 0. The van der Waals surface area contributed by atoms with Crippen LogP contribution in [0.3, 0.4) is 0 Å². The minimum atomic E-state index is -0.749. The number of ether oxygens (including phenoxy) is 1. The van der Waals surface area contributed by atoms with Gasteiger partial charge in [-0.25, -0.2) is 0 Å². The number of rotatable bonds is 12. The van der Waals surface area contributed by atoms with E-state index in [0.29, 0.717) is 25.7 Å². The Morgan fingerprint density at radius 1 is 1.21 bits per heavy atom. The van der Waals surface area contributed by atoms with Crippen molar-refractivity contribution in [2.24, 2.45) is 0 Å². The first-order chi connectivity index (χ1) is 11.4. The van der Waals surface area contributed by atoms with Crippen molar-refractivity contribution in [1.29, 1.82) is 0 Å². The zero-order chi connectivity index (χ0) is 17.9. The van der Waals surface area contributed by atoms with Crippen LogP contribution < -0.4 is 0 Å². The molecule has 1 heterocycles. The van der Waals surface area contributed by atoms with E-state index >= 15 is 0 Å². The topological polar surface area (TPSA) is 107 Å². The molecule has 1 aliphatic rings. The molecule has 24 heavy (non-hydrogen) atoms. The van der Waals surface area contributed by atoms with Crippen molar-refractivity contribution < 1.29 is 30.0 Å². The molecule has 0 saturated carbocycles. The molecule has 1 rings (SSSR count). The van der Waals surface area contributed by atoms with Crippen molar-refractivity contribution in [2.75, 3.05) is 0 Å². The molecule has 4 N–H and O–H groups in total. The highest BCUT2D eigenvalue weighted by atomic mass is 16.5. The van der Waals surface area contributed by atoms with Crippen LogP contribution in [0.1, 0.15) is 64.7 Å². The van der Waals surface area contributed by atoms with Gasteiger partial charge in [-0.2, -0.15) is 0 Å². The Labute approximate surface area is 144 Å². The first kappa shape index (κ1) is 21.1. The van der Waals surface area contributed by atoms with Gasteiger partial charge in [0.1, 0.15) is 6.10 Å². The fourth-order valence-electron chi connectivity index (χ4n) is 2.90. The molecule has 0 aromatic heterocycles. The summed E-state index contributed by atoms with van der Waals surface area (Å²) in [5.41, 5.74) is 0. The minimum Gasteiger partial charge on any atom is -0.481 e. The van der Waals surface area contributed by atoms with Gasteiger partial charge in [-0.3, -0.25) is 4.79 Å². The molecule has 0 aromatic carbocycles. The van der Waals surface area contributed by atoms with Crippen LogP contribution in [0.4, 0.5) is 0 Å². The number of aliphatic hydroxyl groups excluding tert-OH is 3. The number of carboxylic acids is 1. The standard InChI is InChI=1S/C18H32O6/c1-2-14(20)17-12-15(21)16(24-17)11-10-13(19)8-6-4-3-5-7-9-18(22)23/h10-11,13-17,19-21H,2-9,12H2,1H3,(H,22,23)/b11-10+/t13-,14-,15+,16+,17+/m0/s1. The maximum Gasteiger partial charge on any atom is 0.303 e. The summed E-state index contributed by atoms with van der Waals surface area (Å²) in [6, 6.07) is 0. The van der Waals surface area contributed by atoms with Crippen LogP contribution in [-0.4, -0.2) is 56.9 Å². The van der Waals surface area contributed by atoms with E-state index in [0.717, 1.165) is 25.7 Å². The lowest BCUT2D eigenvalue weighted by atomic mass is 10.0. The van der Waals surface area contributed by atoms with E-state index in [1.54, 1.807) is 12.2 Å². The lowest BCUT2D eigenvalue weighted by Crippen LogP contribution is -2.25. The lowest BCUT2D eigenvalue weighted by molar-refractivity contribution is -0.137.